The molecule has 2 unspecified atom stereocenters. The summed E-state index contributed by atoms with van der Waals surface area (Å²) in [6.07, 6.45) is 6.09. The highest BCUT2D eigenvalue weighted by molar-refractivity contribution is 5.91. The van der Waals surface area contributed by atoms with Crippen LogP contribution in [0.3, 0.4) is 0 Å². The van der Waals surface area contributed by atoms with Crippen LogP contribution < -0.4 is 10.6 Å². The largest absolute Gasteiger partial charge is 0.346 e. The van der Waals surface area contributed by atoms with Gasteiger partial charge >= 0.3 is 0 Å². The van der Waals surface area contributed by atoms with Crippen LogP contribution in [-0.2, 0) is 0 Å². The fraction of sp³-hybridized carbons (Fsp3) is 0.571. The van der Waals surface area contributed by atoms with Gasteiger partial charge in [0, 0.05) is 30.0 Å². The summed E-state index contributed by atoms with van der Waals surface area (Å²) < 4.78 is 1.60. The molecule has 4 heterocycles. The van der Waals surface area contributed by atoms with E-state index in [2.05, 4.69) is 25.7 Å². The molecule has 2 saturated heterocycles. The molecule has 2 aliphatic rings. The van der Waals surface area contributed by atoms with Crippen molar-refractivity contribution in [1.82, 2.24) is 30.2 Å². The Labute approximate surface area is 122 Å². The van der Waals surface area contributed by atoms with Gasteiger partial charge in [0.15, 0.2) is 0 Å². The molecule has 0 aliphatic carbocycles. The van der Waals surface area contributed by atoms with Crippen LogP contribution in [0.5, 0.6) is 0 Å². The van der Waals surface area contributed by atoms with Crippen LogP contribution in [0.4, 0.5) is 0 Å². The first-order chi connectivity index (χ1) is 10.2. The Morgan fingerprint density at radius 1 is 1.38 bits per heavy atom. The van der Waals surface area contributed by atoms with Gasteiger partial charge in [0.1, 0.15) is 0 Å². The Morgan fingerprint density at radius 3 is 2.86 bits per heavy atom. The molecule has 2 N–H and O–H groups in total. The van der Waals surface area contributed by atoms with Crippen LogP contribution in [0, 0.1) is 6.92 Å². The Hall–Kier alpha value is -2.02. The third-order valence-electron chi connectivity index (χ3n) is 4.44. The zero-order valence-corrected chi connectivity index (χ0v) is 11.9. The first kappa shape index (κ1) is 12.7. The van der Waals surface area contributed by atoms with Crippen LogP contribution in [0.2, 0.25) is 0 Å². The van der Waals surface area contributed by atoms with E-state index < -0.39 is 0 Å². The second-order valence-corrected chi connectivity index (χ2v) is 6.01. The van der Waals surface area contributed by atoms with Gasteiger partial charge in [-0.25, -0.2) is 9.50 Å². The van der Waals surface area contributed by atoms with Crippen LogP contribution >= 0.6 is 0 Å². The second kappa shape index (κ2) is 4.77. The molecule has 21 heavy (non-hydrogen) atoms. The minimum atomic E-state index is -0.203. The van der Waals surface area contributed by atoms with Gasteiger partial charge in [0.25, 0.3) is 11.7 Å². The molecule has 0 spiro atoms. The quantitative estimate of drug-likeness (QED) is 0.837. The van der Waals surface area contributed by atoms with Gasteiger partial charge in [-0.05, 0) is 38.7 Å². The minimum Gasteiger partial charge on any atom is -0.346 e. The zero-order valence-electron chi connectivity index (χ0n) is 11.9. The summed E-state index contributed by atoms with van der Waals surface area (Å²) in [5.74, 6) is 0.458. The lowest BCUT2D eigenvalue weighted by atomic mass is 10.00. The lowest BCUT2D eigenvalue weighted by molar-refractivity contribution is 0.0913. The topological polar surface area (TPSA) is 84.2 Å². The minimum absolute atomic E-state index is 0.197. The van der Waals surface area contributed by atoms with E-state index in [4.69, 9.17) is 0 Å². The van der Waals surface area contributed by atoms with Gasteiger partial charge in [-0.2, -0.15) is 4.98 Å². The number of carbonyl (C=O) groups excluding carboxylic acids is 1. The summed E-state index contributed by atoms with van der Waals surface area (Å²) in [6, 6.07) is 3.16. The third kappa shape index (κ3) is 2.27. The maximum absolute atomic E-state index is 12.3. The number of nitrogens with one attached hydrogen (secondary N) is 2. The van der Waals surface area contributed by atoms with E-state index in [0.717, 1.165) is 18.5 Å². The van der Waals surface area contributed by atoms with E-state index in [1.807, 2.05) is 13.0 Å². The molecule has 2 atom stereocenters. The monoisotopic (exact) mass is 286 g/mol. The normalized spacial score (nSPS) is 28.0. The number of aromatic nitrogens is 4. The van der Waals surface area contributed by atoms with Gasteiger partial charge in [0.2, 0.25) is 5.82 Å². The van der Waals surface area contributed by atoms with Crippen molar-refractivity contribution < 1.29 is 4.79 Å². The summed E-state index contributed by atoms with van der Waals surface area (Å²) in [7, 11) is 0. The number of aryl methyl sites for hydroxylation is 1. The second-order valence-electron chi connectivity index (χ2n) is 6.01. The van der Waals surface area contributed by atoms with Crippen molar-refractivity contribution in [3.8, 4) is 0 Å². The van der Waals surface area contributed by atoms with E-state index in [0.29, 0.717) is 17.9 Å². The molecule has 0 saturated carbocycles. The number of rotatable bonds is 2. The Kier molecular flexibility index (Phi) is 2.88. The van der Waals surface area contributed by atoms with E-state index in [1.54, 1.807) is 10.7 Å². The summed E-state index contributed by atoms with van der Waals surface area (Å²) in [5, 5.41) is 10.9. The van der Waals surface area contributed by atoms with E-state index in [9.17, 15) is 4.79 Å². The van der Waals surface area contributed by atoms with Crippen LogP contribution in [0.25, 0.3) is 5.78 Å². The fourth-order valence-corrected chi connectivity index (χ4v) is 3.43. The standard InChI is InChI=1S/C14H18N6O/c1-8-4-5-15-14-18-12(19-20(8)14)13(21)17-11-6-9-2-3-10(7-11)16-9/h4-5,9-11,16H,2-3,6-7H2,1H3,(H,17,21). The number of nitrogens with zero attached hydrogens (tertiary/aromatic N) is 4. The maximum Gasteiger partial charge on any atom is 0.291 e. The fourth-order valence-electron chi connectivity index (χ4n) is 3.43. The molecule has 2 aromatic heterocycles. The molecule has 2 bridgehead atoms. The van der Waals surface area contributed by atoms with Crippen molar-refractivity contribution in [3.63, 3.8) is 0 Å². The van der Waals surface area contributed by atoms with Crippen LogP contribution in [0.15, 0.2) is 12.3 Å². The van der Waals surface area contributed by atoms with Gasteiger partial charge in [-0.15, -0.1) is 5.10 Å². The van der Waals surface area contributed by atoms with Gasteiger partial charge in [-0.1, -0.05) is 0 Å². The SMILES string of the molecule is Cc1ccnc2nc(C(=O)NC3CC4CCC(C3)N4)nn12. The predicted molar refractivity (Wildman–Crippen MR) is 76.0 cm³/mol. The lowest BCUT2D eigenvalue weighted by Gasteiger charge is -2.29. The molecule has 2 fully saturated rings. The first-order valence-corrected chi connectivity index (χ1v) is 7.44. The molecule has 7 nitrogen and oxygen atoms in total. The molecule has 7 heteroatoms. The number of carbonyl (C=O) groups is 1. The average Bonchev–Trinajstić information content (AvgIpc) is 3.03. The van der Waals surface area contributed by atoms with E-state index in [1.165, 1.54) is 12.8 Å². The highest BCUT2D eigenvalue weighted by Gasteiger charge is 2.34. The number of hydrogen-bond acceptors (Lipinski definition) is 5. The lowest BCUT2D eigenvalue weighted by Crippen LogP contribution is -2.48. The van der Waals surface area contributed by atoms with Crippen molar-refractivity contribution in [2.24, 2.45) is 0 Å². The highest BCUT2D eigenvalue weighted by Crippen LogP contribution is 2.26. The summed E-state index contributed by atoms with van der Waals surface area (Å²) in [6.45, 7) is 1.91. The van der Waals surface area contributed by atoms with Crippen molar-refractivity contribution in [2.75, 3.05) is 0 Å². The highest BCUT2D eigenvalue weighted by atomic mass is 16.2. The molecular weight excluding hydrogens is 268 g/mol. The molecule has 2 aromatic rings. The number of piperidine rings is 1. The zero-order chi connectivity index (χ0) is 14.4. The number of hydrogen-bond donors (Lipinski definition) is 2. The Morgan fingerprint density at radius 2 is 2.14 bits per heavy atom. The first-order valence-electron chi connectivity index (χ1n) is 7.44. The predicted octanol–water partition coefficient (Wildman–Crippen LogP) is 0.446. The van der Waals surface area contributed by atoms with E-state index in [-0.39, 0.29) is 17.8 Å². The van der Waals surface area contributed by atoms with Crippen molar-refractivity contribution in [1.29, 1.82) is 0 Å². The van der Waals surface area contributed by atoms with Gasteiger partial charge in [0.05, 0.1) is 0 Å². The van der Waals surface area contributed by atoms with Crippen LogP contribution in [-0.4, -0.2) is 43.6 Å². The molecule has 0 aromatic carbocycles. The van der Waals surface area contributed by atoms with Crippen molar-refractivity contribution in [2.45, 2.75) is 50.7 Å². The van der Waals surface area contributed by atoms with Crippen molar-refractivity contribution >= 4 is 11.7 Å². The van der Waals surface area contributed by atoms with Crippen LogP contribution in [0.1, 0.15) is 42.0 Å². The molecule has 1 amide bonds. The molecule has 0 radical (unpaired) electrons. The third-order valence-corrected chi connectivity index (χ3v) is 4.44. The average molecular weight is 286 g/mol. The Bertz CT molecular complexity index is 684. The molecule has 2 aliphatic heterocycles. The maximum atomic E-state index is 12.3. The molecule has 110 valence electrons. The Balaban J connectivity index is 1.52. The van der Waals surface area contributed by atoms with E-state index >= 15 is 0 Å². The number of amides is 1. The summed E-state index contributed by atoms with van der Waals surface area (Å²) in [5.41, 5.74) is 0.909. The van der Waals surface area contributed by atoms with Crippen molar-refractivity contribution in [3.05, 3.63) is 23.8 Å². The number of fused-ring (bicyclic) bond motifs is 3. The summed E-state index contributed by atoms with van der Waals surface area (Å²) >= 11 is 0. The van der Waals surface area contributed by atoms with Gasteiger partial charge < -0.3 is 10.6 Å². The molecule has 4 rings (SSSR count). The van der Waals surface area contributed by atoms with Gasteiger partial charge in [-0.3, -0.25) is 4.79 Å². The smallest absolute Gasteiger partial charge is 0.291 e. The molecular formula is C14H18N6O. The summed E-state index contributed by atoms with van der Waals surface area (Å²) in [4.78, 5) is 20.7.